The predicted octanol–water partition coefficient (Wildman–Crippen LogP) is 2.28. The van der Waals surface area contributed by atoms with Gasteiger partial charge in [0.2, 0.25) is 0 Å². The number of rotatable bonds is 3. The first-order valence-electron chi connectivity index (χ1n) is 5.81. The minimum atomic E-state index is -0.343. The molecule has 0 aromatic heterocycles. The van der Waals surface area contributed by atoms with Crippen molar-refractivity contribution in [2.75, 3.05) is 0 Å². The summed E-state index contributed by atoms with van der Waals surface area (Å²) in [6.45, 7) is 1.93. The third-order valence-corrected chi connectivity index (χ3v) is 2.03. The van der Waals surface area contributed by atoms with Crippen LogP contribution < -0.4 is 5.32 Å². The number of amides is 1. The normalized spacial score (nSPS) is 8.94. The monoisotopic (exact) mass is 237 g/mol. The van der Waals surface area contributed by atoms with Crippen LogP contribution in [-0.2, 0) is 11.2 Å². The van der Waals surface area contributed by atoms with E-state index in [4.69, 9.17) is 0 Å². The molecule has 1 N–H and O–H groups in total. The SMILES string of the molecule is CCC#CC#CC(=O)N/C=C/Cc1ccccc1. The number of hydrogen-bond acceptors (Lipinski definition) is 1. The molecule has 0 aliphatic rings. The Bertz CT molecular complexity index is 521. The molecule has 0 aliphatic carbocycles. The second kappa shape index (κ2) is 8.67. The smallest absolute Gasteiger partial charge is 0.300 e. The number of benzene rings is 1. The van der Waals surface area contributed by atoms with Gasteiger partial charge in [-0.15, -0.1) is 0 Å². The topological polar surface area (TPSA) is 29.1 Å². The van der Waals surface area contributed by atoms with Crippen molar-refractivity contribution in [2.24, 2.45) is 0 Å². The van der Waals surface area contributed by atoms with Crippen LogP contribution in [0.4, 0.5) is 0 Å². The van der Waals surface area contributed by atoms with Crippen LogP contribution in [-0.4, -0.2) is 5.91 Å². The predicted molar refractivity (Wildman–Crippen MR) is 73.3 cm³/mol. The Hall–Kier alpha value is -2.45. The van der Waals surface area contributed by atoms with Gasteiger partial charge in [-0.2, -0.15) is 0 Å². The molecule has 1 aromatic carbocycles. The average Bonchev–Trinajstić information content (AvgIpc) is 2.41. The van der Waals surface area contributed by atoms with E-state index in [-0.39, 0.29) is 5.91 Å². The highest BCUT2D eigenvalue weighted by molar-refractivity contribution is 5.94. The first kappa shape index (κ1) is 13.6. The van der Waals surface area contributed by atoms with E-state index in [0.29, 0.717) is 0 Å². The quantitative estimate of drug-likeness (QED) is 0.803. The van der Waals surface area contributed by atoms with Gasteiger partial charge in [-0.1, -0.05) is 49.3 Å². The van der Waals surface area contributed by atoms with E-state index in [0.717, 1.165) is 12.8 Å². The molecule has 0 aliphatic heterocycles. The highest BCUT2D eigenvalue weighted by Crippen LogP contribution is 1.99. The minimum Gasteiger partial charge on any atom is -0.322 e. The lowest BCUT2D eigenvalue weighted by Crippen LogP contribution is -2.13. The van der Waals surface area contributed by atoms with E-state index in [9.17, 15) is 4.79 Å². The van der Waals surface area contributed by atoms with Crippen molar-refractivity contribution in [3.05, 3.63) is 48.2 Å². The summed E-state index contributed by atoms with van der Waals surface area (Å²) >= 11 is 0. The van der Waals surface area contributed by atoms with Gasteiger partial charge in [0.25, 0.3) is 0 Å². The molecule has 18 heavy (non-hydrogen) atoms. The zero-order valence-corrected chi connectivity index (χ0v) is 10.4. The molecule has 0 heterocycles. The van der Waals surface area contributed by atoms with E-state index >= 15 is 0 Å². The maximum atomic E-state index is 11.2. The molecular weight excluding hydrogens is 222 g/mol. The minimum absolute atomic E-state index is 0.343. The highest BCUT2D eigenvalue weighted by atomic mass is 16.1. The fourth-order valence-electron chi connectivity index (χ4n) is 1.20. The number of nitrogens with one attached hydrogen (secondary N) is 1. The van der Waals surface area contributed by atoms with Gasteiger partial charge in [0.15, 0.2) is 0 Å². The summed E-state index contributed by atoms with van der Waals surface area (Å²) < 4.78 is 0. The maximum absolute atomic E-state index is 11.2. The van der Waals surface area contributed by atoms with Crippen molar-refractivity contribution in [3.8, 4) is 23.7 Å². The van der Waals surface area contributed by atoms with Gasteiger partial charge >= 0.3 is 5.91 Å². The summed E-state index contributed by atoms with van der Waals surface area (Å²) in [7, 11) is 0. The van der Waals surface area contributed by atoms with Crippen molar-refractivity contribution < 1.29 is 4.79 Å². The van der Waals surface area contributed by atoms with Crippen LogP contribution in [0.2, 0.25) is 0 Å². The fraction of sp³-hybridized carbons (Fsp3) is 0.188. The Balaban J connectivity index is 2.32. The van der Waals surface area contributed by atoms with Crippen LogP contribution in [0.1, 0.15) is 18.9 Å². The molecule has 2 heteroatoms. The van der Waals surface area contributed by atoms with Gasteiger partial charge in [-0.25, -0.2) is 0 Å². The van der Waals surface area contributed by atoms with Crippen LogP contribution in [0.3, 0.4) is 0 Å². The molecule has 1 rings (SSSR count). The third kappa shape index (κ3) is 6.20. The zero-order valence-electron chi connectivity index (χ0n) is 10.4. The van der Waals surface area contributed by atoms with E-state index in [1.165, 1.54) is 5.56 Å². The van der Waals surface area contributed by atoms with E-state index < -0.39 is 0 Å². The van der Waals surface area contributed by atoms with E-state index in [1.54, 1.807) is 6.20 Å². The van der Waals surface area contributed by atoms with E-state index in [1.807, 2.05) is 43.3 Å². The summed E-state index contributed by atoms with van der Waals surface area (Å²) in [5, 5.41) is 2.57. The molecule has 90 valence electrons. The Labute approximate surface area is 108 Å². The Morgan fingerprint density at radius 1 is 1.28 bits per heavy atom. The third-order valence-electron chi connectivity index (χ3n) is 2.03. The van der Waals surface area contributed by atoms with Crippen LogP contribution in [0.15, 0.2) is 42.6 Å². The molecule has 0 atom stereocenters. The van der Waals surface area contributed by atoms with Crippen molar-refractivity contribution in [3.63, 3.8) is 0 Å². The van der Waals surface area contributed by atoms with E-state index in [2.05, 4.69) is 29.0 Å². The van der Waals surface area contributed by atoms with Crippen molar-refractivity contribution in [2.45, 2.75) is 19.8 Å². The van der Waals surface area contributed by atoms with Gasteiger partial charge in [-0.05, 0) is 23.8 Å². The summed E-state index contributed by atoms with van der Waals surface area (Å²) in [5.74, 6) is 9.89. The van der Waals surface area contributed by atoms with Crippen LogP contribution >= 0.6 is 0 Å². The lowest BCUT2D eigenvalue weighted by Gasteiger charge is -1.94. The number of hydrogen-bond donors (Lipinski definition) is 1. The van der Waals surface area contributed by atoms with Crippen LogP contribution in [0, 0.1) is 23.7 Å². The Morgan fingerprint density at radius 3 is 2.78 bits per heavy atom. The first-order valence-corrected chi connectivity index (χ1v) is 5.81. The number of allylic oxidation sites excluding steroid dienone is 1. The average molecular weight is 237 g/mol. The standard InChI is InChI=1S/C16H15NO/c1-2-3-4-8-13-16(18)17-14-9-12-15-10-6-5-7-11-15/h5-7,9-11,14H,2,12H2,1H3,(H,17,18)/b14-9+. The molecule has 0 saturated heterocycles. The molecule has 0 unspecified atom stereocenters. The Kier molecular flexibility index (Phi) is 6.56. The maximum Gasteiger partial charge on any atom is 0.300 e. The van der Waals surface area contributed by atoms with Gasteiger partial charge < -0.3 is 5.32 Å². The summed E-state index contributed by atoms with van der Waals surface area (Å²) in [6, 6.07) is 10.0. The van der Waals surface area contributed by atoms with Crippen LogP contribution in [0.5, 0.6) is 0 Å². The molecule has 2 nitrogen and oxygen atoms in total. The van der Waals surface area contributed by atoms with Gasteiger partial charge in [-0.3, -0.25) is 4.79 Å². The van der Waals surface area contributed by atoms with Gasteiger partial charge in [0, 0.05) is 18.5 Å². The molecule has 0 spiro atoms. The molecule has 0 radical (unpaired) electrons. The summed E-state index contributed by atoms with van der Waals surface area (Å²) in [5.41, 5.74) is 1.20. The van der Waals surface area contributed by atoms with Gasteiger partial charge in [0.1, 0.15) is 0 Å². The van der Waals surface area contributed by atoms with Crippen molar-refractivity contribution in [1.82, 2.24) is 5.32 Å². The largest absolute Gasteiger partial charge is 0.322 e. The fourth-order valence-corrected chi connectivity index (χ4v) is 1.20. The van der Waals surface area contributed by atoms with Gasteiger partial charge in [0.05, 0.1) is 0 Å². The number of carbonyl (C=O) groups is 1. The highest BCUT2D eigenvalue weighted by Gasteiger charge is 1.89. The molecule has 1 amide bonds. The second-order valence-electron chi connectivity index (χ2n) is 3.47. The molecule has 1 aromatic rings. The second-order valence-corrected chi connectivity index (χ2v) is 3.47. The van der Waals surface area contributed by atoms with Crippen molar-refractivity contribution in [1.29, 1.82) is 0 Å². The molecule has 0 saturated carbocycles. The lowest BCUT2D eigenvalue weighted by molar-refractivity contribution is -0.114. The van der Waals surface area contributed by atoms with Crippen molar-refractivity contribution >= 4 is 5.91 Å². The molecular formula is C16H15NO. The molecule has 0 bridgehead atoms. The summed E-state index contributed by atoms with van der Waals surface area (Å²) in [6.07, 6.45) is 5.02. The summed E-state index contributed by atoms with van der Waals surface area (Å²) in [4.78, 5) is 11.2. The van der Waals surface area contributed by atoms with Crippen LogP contribution in [0.25, 0.3) is 0 Å². The number of carbonyl (C=O) groups excluding carboxylic acids is 1. The first-order chi connectivity index (χ1) is 8.83. The molecule has 0 fully saturated rings. The lowest BCUT2D eigenvalue weighted by atomic mass is 10.1. The Morgan fingerprint density at radius 2 is 2.06 bits per heavy atom. The zero-order chi connectivity index (χ0) is 13.1.